The Labute approximate surface area is 285 Å². The van der Waals surface area contributed by atoms with Crippen molar-refractivity contribution in [1.29, 1.82) is 0 Å². The number of anilines is 1. The van der Waals surface area contributed by atoms with E-state index in [4.69, 9.17) is 21.1 Å². The summed E-state index contributed by atoms with van der Waals surface area (Å²) in [4.78, 5) is 16.7. The van der Waals surface area contributed by atoms with Crippen LogP contribution in [0.2, 0.25) is 5.02 Å². The molecule has 2 aliphatic rings. The van der Waals surface area contributed by atoms with Crippen LogP contribution in [0.25, 0.3) is 10.9 Å². The summed E-state index contributed by atoms with van der Waals surface area (Å²) >= 11 is 6.06. The van der Waals surface area contributed by atoms with E-state index in [0.29, 0.717) is 42.7 Å². The molecule has 0 atom stereocenters. The van der Waals surface area contributed by atoms with Crippen LogP contribution in [0.15, 0.2) is 121 Å². The molecular formula is C36H36ClFeN5O3+2. The molecule has 0 bridgehead atoms. The molecule has 0 saturated heterocycles. The second-order valence-corrected chi connectivity index (χ2v) is 10.8. The number of carbonyl (C=O) groups is 1. The number of nitrogens with one attached hydrogen (secondary N) is 1. The molecule has 4 aromatic rings. The van der Waals surface area contributed by atoms with Crippen molar-refractivity contribution in [2.75, 3.05) is 25.1 Å². The topological polar surface area (TPSA) is 91.2 Å². The van der Waals surface area contributed by atoms with Gasteiger partial charge in [0.15, 0.2) is 5.78 Å². The Bertz CT molecular complexity index is 1720. The van der Waals surface area contributed by atoms with Crippen molar-refractivity contribution in [2.45, 2.75) is 32.4 Å². The molecule has 8 nitrogen and oxygen atoms in total. The van der Waals surface area contributed by atoms with Crippen molar-refractivity contribution in [3.63, 3.8) is 0 Å². The molecule has 0 amide bonds. The number of pyridine rings is 1. The number of nitrogens with zero attached hydrogens (tertiary/aromatic N) is 4. The Morgan fingerprint density at radius 1 is 1.02 bits per heavy atom. The van der Waals surface area contributed by atoms with Gasteiger partial charge in [-0.2, -0.15) is 0 Å². The molecule has 2 heterocycles. The Morgan fingerprint density at radius 2 is 1.87 bits per heavy atom. The van der Waals surface area contributed by atoms with E-state index in [1.54, 1.807) is 41.2 Å². The van der Waals surface area contributed by atoms with Gasteiger partial charge >= 0.3 is 17.1 Å². The van der Waals surface area contributed by atoms with Crippen LogP contribution in [0.3, 0.4) is 0 Å². The van der Waals surface area contributed by atoms with Gasteiger partial charge in [0.05, 0.1) is 24.9 Å². The van der Waals surface area contributed by atoms with E-state index in [2.05, 4.69) is 57.1 Å². The second-order valence-electron chi connectivity index (χ2n) is 10.3. The minimum Gasteiger partial charge on any atom is -0.492 e. The van der Waals surface area contributed by atoms with Gasteiger partial charge in [0.25, 0.3) is 0 Å². The molecular weight excluding hydrogens is 642 g/mol. The average Bonchev–Trinajstić information content (AvgIpc) is 3.88. The van der Waals surface area contributed by atoms with E-state index in [1.807, 2.05) is 42.6 Å². The zero-order valence-electron chi connectivity index (χ0n) is 25.4. The molecule has 2 aromatic carbocycles. The monoisotopic (exact) mass is 677 g/mol. The van der Waals surface area contributed by atoms with Gasteiger partial charge in [-0.3, -0.25) is 9.78 Å². The molecule has 0 radical (unpaired) electrons. The molecule has 0 spiro atoms. The molecule has 0 saturated carbocycles. The van der Waals surface area contributed by atoms with Crippen LogP contribution in [0, 0.1) is 0 Å². The first-order chi connectivity index (χ1) is 22.1. The normalized spacial score (nSPS) is 13.0. The van der Waals surface area contributed by atoms with Crippen LogP contribution < -0.4 is 10.1 Å². The van der Waals surface area contributed by atoms with Gasteiger partial charge in [-0.15, -0.1) is 5.10 Å². The van der Waals surface area contributed by atoms with Gasteiger partial charge in [0, 0.05) is 41.0 Å². The number of rotatable bonds is 14. The predicted molar refractivity (Wildman–Crippen MR) is 180 cm³/mol. The van der Waals surface area contributed by atoms with Crippen molar-refractivity contribution in [3.05, 3.63) is 137 Å². The van der Waals surface area contributed by atoms with E-state index in [1.165, 1.54) is 0 Å². The van der Waals surface area contributed by atoms with E-state index in [9.17, 15) is 4.79 Å². The average molecular weight is 678 g/mol. The van der Waals surface area contributed by atoms with Crippen molar-refractivity contribution in [2.24, 2.45) is 0 Å². The summed E-state index contributed by atoms with van der Waals surface area (Å²) in [5.41, 5.74) is 4.35. The van der Waals surface area contributed by atoms with Crippen LogP contribution in [-0.2, 0) is 35.0 Å². The zero-order valence-corrected chi connectivity index (χ0v) is 27.2. The molecule has 0 aliphatic heterocycles. The third-order valence-corrected chi connectivity index (χ3v) is 7.17. The summed E-state index contributed by atoms with van der Waals surface area (Å²) in [7, 11) is 0. The number of allylic oxidation sites excluding steroid dienone is 10. The molecule has 2 aliphatic carbocycles. The summed E-state index contributed by atoms with van der Waals surface area (Å²) in [5, 5.41) is 13.5. The number of aromatic nitrogens is 4. The maximum absolute atomic E-state index is 12.3. The van der Waals surface area contributed by atoms with Gasteiger partial charge < -0.3 is 14.8 Å². The summed E-state index contributed by atoms with van der Waals surface area (Å²) in [6.45, 7) is 2.75. The van der Waals surface area contributed by atoms with Crippen LogP contribution in [0.1, 0.15) is 35.3 Å². The Morgan fingerprint density at radius 3 is 2.63 bits per heavy atom. The van der Waals surface area contributed by atoms with E-state index < -0.39 is 0 Å². The van der Waals surface area contributed by atoms with Crippen molar-refractivity contribution in [3.8, 4) is 5.75 Å². The summed E-state index contributed by atoms with van der Waals surface area (Å²) in [6.07, 6.45) is 24.5. The minimum absolute atomic E-state index is 0. The molecule has 0 fully saturated rings. The second kappa shape index (κ2) is 18.6. The molecule has 10 heteroatoms. The van der Waals surface area contributed by atoms with Crippen molar-refractivity contribution >= 4 is 34.0 Å². The van der Waals surface area contributed by atoms with Crippen LogP contribution >= 0.6 is 11.6 Å². The maximum atomic E-state index is 12.3. The number of carbonyl (C=O) groups excluding carboxylic acids is 1. The third kappa shape index (κ3) is 11.0. The van der Waals surface area contributed by atoms with Crippen LogP contribution in [0.5, 0.6) is 5.75 Å². The van der Waals surface area contributed by atoms with Crippen LogP contribution in [0.4, 0.5) is 5.69 Å². The summed E-state index contributed by atoms with van der Waals surface area (Å²) < 4.78 is 13.3. The molecule has 2 aromatic heterocycles. The fourth-order valence-corrected chi connectivity index (χ4v) is 4.76. The Balaban J connectivity index is 0.000000731. The van der Waals surface area contributed by atoms with E-state index in [-0.39, 0.29) is 22.9 Å². The minimum atomic E-state index is -0.0329. The standard InChI is InChI=1S/C31H30ClN5O3.C5H6.Fe/c32-25-9-12-28-29(14-16-34-30(28)20-25)33-15-3-18-39-22-26-21-37(36-35-26)17-19-40-27-10-7-24(8-11-27)31(38)13-6-23-4-1-2-5-23;1-2-4-5-3-1;/h1,4-14,16,20-21H,2-3,15,17-19,22H2,(H,33,34);1-4H,5H2;/q;;+2/b13-6+;;. The largest absolute Gasteiger partial charge is 2.00 e. The first-order valence-electron chi connectivity index (χ1n) is 15.0. The number of ether oxygens (including phenoxy) is 2. The Hall–Kier alpha value is -4.27. The van der Waals surface area contributed by atoms with Gasteiger partial charge in [0.2, 0.25) is 0 Å². The summed E-state index contributed by atoms with van der Waals surface area (Å²) in [5.74, 6) is 0.664. The van der Waals surface area contributed by atoms with Crippen LogP contribution in [-0.4, -0.2) is 45.5 Å². The SMILES string of the molecule is C1=CCC=C1.O=C(/C=C/C1=CCC=C1)c1ccc(OCCn2cc(COCCCNc3ccnc4cc(Cl)ccc34)nn2)cc1.[Fe+2]. The predicted octanol–water partition coefficient (Wildman–Crippen LogP) is 7.70. The van der Waals surface area contributed by atoms with Gasteiger partial charge in [-0.25, -0.2) is 4.68 Å². The number of benzene rings is 2. The fourth-order valence-electron chi connectivity index (χ4n) is 4.60. The van der Waals surface area contributed by atoms with Gasteiger partial charge in [0.1, 0.15) is 18.1 Å². The Kier molecular flexibility index (Phi) is 14.0. The number of ketones is 1. The smallest absolute Gasteiger partial charge is 0.492 e. The molecule has 0 unspecified atom stereocenters. The quantitative estimate of drug-likeness (QED) is 0.0633. The fraction of sp³-hybridized carbons (Fsp3) is 0.222. The number of hydrogen-bond donors (Lipinski definition) is 1. The molecule has 1 N–H and O–H groups in total. The van der Waals surface area contributed by atoms with Crippen molar-refractivity contribution in [1.82, 2.24) is 20.0 Å². The first-order valence-corrected chi connectivity index (χ1v) is 15.4. The number of fused-ring (bicyclic) bond motifs is 1. The molecule has 46 heavy (non-hydrogen) atoms. The zero-order chi connectivity index (χ0) is 31.1. The third-order valence-electron chi connectivity index (χ3n) is 6.93. The van der Waals surface area contributed by atoms with Crippen molar-refractivity contribution < 1.29 is 31.3 Å². The molecule has 6 rings (SSSR count). The van der Waals surface area contributed by atoms with Gasteiger partial charge in [-0.05, 0) is 79.4 Å². The maximum Gasteiger partial charge on any atom is 2.00 e. The summed E-state index contributed by atoms with van der Waals surface area (Å²) in [6, 6.07) is 14.8. The van der Waals surface area contributed by atoms with E-state index >= 15 is 0 Å². The van der Waals surface area contributed by atoms with E-state index in [0.717, 1.165) is 53.7 Å². The number of hydrogen-bond acceptors (Lipinski definition) is 7. The first kappa shape index (κ1) is 34.6. The van der Waals surface area contributed by atoms with Gasteiger partial charge in [-0.1, -0.05) is 65.4 Å². The molecule has 236 valence electrons. The number of halogens is 1.